The highest BCUT2D eigenvalue weighted by molar-refractivity contribution is 6.08. The van der Waals surface area contributed by atoms with Crippen LogP contribution in [0.4, 0.5) is 39.8 Å². The maximum absolute atomic E-state index is 11.0. The van der Waals surface area contributed by atoms with E-state index < -0.39 is 0 Å². The van der Waals surface area contributed by atoms with Gasteiger partial charge in [-0.3, -0.25) is 0 Å². The average molecular weight is 773 g/mol. The van der Waals surface area contributed by atoms with Gasteiger partial charge < -0.3 is 20.1 Å². The molecule has 7 aromatic carbocycles. The second-order valence-corrected chi connectivity index (χ2v) is 14.9. The van der Waals surface area contributed by atoms with Crippen molar-refractivity contribution in [1.29, 1.82) is 5.26 Å². The van der Waals surface area contributed by atoms with Crippen molar-refractivity contribution in [2.24, 2.45) is 0 Å². The number of nitriles is 1. The summed E-state index contributed by atoms with van der Waals surface area (Å²) < 4.78 is 2.25. The molecule has 1 aliphatic carbocycles. The molecule has 0 amide bonds. The Balaban J connectivity index is 1.15. The molecule has 60 heavy (non-hydrogen) atoms. The van der Waals surface area contributed by atoms with Gasteiger partial charge in [0.1, 0.15) is 6.07 Å². The molecule has 0 saturated carbocycles. The van der Waals surface area contributed by atoms with Crippen molar-refractivity contribution in [3.8, 4) is 45.9 Å². The molecular formula is C52H36N8. The lowest BCUT2D eigenvalue weighted by Crippen LogP contribution is -2.24. The molecule has 8 heteroatoms. The summed E-state index contributed by atoms with van der Waals surface area (Å²) >= 11 is 0. The summed E-state index contributed by atoms with van der Waals surface area (Å²) in [7, 11) is 0. The first-order chi connectivity index (χ1) is 29.6. The largest absolute Gasteiger partial charge is 0.398 e. The van der Waals surface area contributed by atoms with Gasteiger partial charge in [0.2, 0.25) is 0 Å². The number of hydrogen-bond donors (Lipinski definition) is 1. The van der Waals surface area contributed by atoms with E-state index in [2.05, 4.69) is 124 Å². The summed E-state index contributed by atoms with van der Waals surface area (Å²) in [4.78, 5) is 19.5. The summed E-state index contributed by atoms with van der Waals surface area (Å²) in [6.45, 7) is 0. The number of hydrogen-bond acceptors (Lipinski definition) is 7. The van der Waals surface area contributed by atoms with Gasteiger partial charge in [0.25, 0.3) is 0 Å². The highest BCUT2D eigenvalue weighted by Crippen LogP contribution is 2.56. The fraction of sp³-hybridized carbons (Fsp3) is 0.0385. The molecule has 0 bridgehead atoms. The van der Waals surface area contributed by atoms with E-state index >= 15 is 0 Å². The quantitative estimate of drug-likeness (QED) is 0.168. The van der Waals surface area contributed by atoms with Crippen molar-refractivity contribution in [3.63, 3.8) is 0 Å². The molecule has 284 valence electrons. The number of para-hydroxylation sites is 4. The van der Waals surface area contributed by atoms with Crippen LogP contribution in [0.15, 0.2) is 176 Å². The molecule has 0 fully saturated rings. The third-order valence-electron chi connectivity index (χ3n) is 11.4. The molecule has 3 heterocycles. The number of rotatable bonds is 6. The highest BCUT2D eigenvalue weighted by atomic mass is 15.3. The second-order valence-electron chi connectivity index (χ2n) is 14.9. The first kappa shape index (κ1) is 34.9. The van der Waals surface area contributed by atoms with Crippen molar-refractivity contribution < 1.29 is 0 Å². The molecular weight excluding hydrogens is 737 g/mol. The molecule has 2 aromatic heterocycles. The van der Waals surface area contributed by atoms with Crippen molar-refractivity contribution in [2.45, 2.75) is 12.8 Å². The minimum atomic E-state index is 0.401. The molecule has 8 nitrogen and oxygen atoms in total. The van der Waals surface area contributed by atoms with Crippen LogP contribution in [0.1, 0.15) is 23.2 Å². The number of benzene rings is 7. The second kappa shape index (κ2) is 14.3. The third-order valence-corrected chi connectivity index (χ3v) is 11.4. The third kappa shape index (κ3) is 5.71. The number of anilines is 7. The maximum atomic E-state index is 11.0. The van der Waals surface area contributed by atoms with Crippen LogP contribution < -0.4 is 15.5 Å². The van der Waals surface area contributed by atoms with Crippen molar-refractivity contribution >= 4 is 56.8 Å². The molecule has 0 radical (unpaired) electrons. The Hall–Kier alpha value is -8.28. The summed E-state index contributed by atoms with van der Waals surface area (Å²) in [5.74, 6) is 1.45. The lowest BCUT2D eigenvalue weighted by Gasteiger charge is -2.40. The van der Waals surface area contributed by atoms with Gasteiger partial charge >= 0.3 is 0 Å². The number of allylic oxidation sites excluding steroid dienone is 1. The molecule has 0 atom stereocenters. The van der Waals surface area contributed by atoms with E-state index in [0.717, 1.165) is 80.3 Å². The highest BCUT2D eigenvalue weighted by Gasteiger charge is 2.33. The first-order valence-corrected chi connectivity index (χ1v) is 20.0. The number of nitrogens with two attached hydrogens (primary N) is 1. The molecule has 11 rings (SSSR count). The fourth-order valence-corrected chi connectivity index (χ4v) is 8.69. The van der Waals surface area contributed by atoms with E-state index in [-0.39, 0.29) is 0 Å². The monoisotopic (exact) mass is 772 g/mol. The fourth-order valence-electron chi connectivity index (χ4n) is 8.69. The minimum Gasteiger partial charge on any atom is -0.398 e. The minimum absolute atomic E-state index is 0.401. The van der Waals surface area contributed by atoms with Gasteiger partial charge in [-0.1, -0.05) is 121 Å². The Bertz CT molecular complexity index is 3110. The van der Waals surface area contributed by atoms with Crippen LogP contribution in [-0.2, 0) is 6.42 Å². The summed E-state index contributed by atoms with van der Waals surface area (Å²) in [5.41, 5.74) is 20.6. The van der Waals surface area contributed by atoms with Crippen LogP contribution in [-0.4, -0.2) is 19.5 Å². The number of aromatic nitrogens is 4. The molecule has 9 aromatic rings. The SMILES string of the molecule is N#Cc1cc(-c2nc(-c3ccccc3)nc(-c3ccccc3)n2)c(N)cc1-n1c2c(c3cc4c(cc31)N(c1ccccc1)c1ccccc1N4c1ccccc1)C=CCC2. The van der Waals surface area contributed by atoms with Gasteiger partial charge in [-0.25, -0.2) is 15.0 Å². The maximum Gasteiger partial charge on any atom is 0.166 e. The Morgan fingerprint density at radius 3 is 1.62 bits per heavy atom. The van der Waals surface area contributed by atoms with Gasteiger partial charge in [0, 0.05) is 50.4 Å². The Labute approximate surface area is 347 Å². The zero-order chi connectivity index (χ0) is 40.2. The van der Waals surface area contributed by atoms with Crippen LogP contribution in [0.5, 0.6) is 0 Å². The Morgan fingerprint density at radius 1 is 0.533 bits per heavy atom. The topological polar surface area (TPSA) is 99.9 Å². The van der Waals surface area contributed by atoms with Gasteiger partial charge in [0.15, 0.2) is 17.5 Å². The van der Waals surface area contributed by atoms with Crippen LogP contribution in [0, 0.1) is 11.3 Å². The van der Waals surface area contributed by atoms with E-state index in [9.17, 15) is 5.26 Å². The zero-order valence-electron chi connectivity index (χ0n) is 32.4. The van der Waals surface area contributed by atoms with E-state index in [1.54, 1.807) is 0 Å². The summed E-state index contributed by atoms with van der Waals surface area (Å²) in [6.07, 6.45) is 6.15. The van der Waals surface area contributed by atoms with E-state index in [1.165, 1.54) is 0 Å². The molecule has 1 aliphatic heterocycles. The number of nitrogens with zero attached hydrogens (tertiary/aromatic N) is 7. The summed E-state index contributed by atoms with van der Waals surface area (Å²) in [5, 5.41) is 12.1. The lowest BCUT2D eigenvalue weighted by atomic mass is 9.99. The zero-order valence-corrected chi connectivity index (χ0v) is 32.4. The van der Waals surface area contributed by atoms with Gasteiger partial charge in [-0.05, 0) is 73.5 Å². The van der Waals surface area contributed by atoms with E-state index in [1.807, 2.05) is 78.9 Å². The van der Waals surface area contributed by atoms with Gasteiger partial charge in [-0.2, -0.15) is 5.26 Å². The van der Waals surface area contributed by atoms with Gasteiger partial charge in [-0.15, -0.1) is 0 Å². The van der Waals surface area contributed by atoms with E-state index in [4.69, 9.17) is 20.7 Å². The van der Waals surface area contributed by atoms with Crippen molar-refractivity contribution in [1.82, 2.24) is 19.5 Å². The van der Waals surface area contributed by atoms with Crippen LogP contribution in [0.2, 0.25) is 0 Å². The predicted molar refractivity (Wildman–Crippen MR) is 242 cm³/mol. The molecule has 2 N–H and O–H groups in total. The van der Waals surface area contributed by atoms with Crippen molar-refractivity contribution in [3.05, 3.63) is 193 Å². The van der Waals surface area contributed by atoms with Crippen molar-refractivity contribution in [2.75, 3.05) is 15.5 Å². The number of nitrogen functional groups attached to an aromatic ring is 1. The predicted octanol–water partition coefficient (Wildman–Crippen LogP) is 12.5. The van der Waals surface area contributed by atoms with E-state index in [0.29, 0.717) is 40.0 Å². The Morgan fingerprint density at radius 2 is 1.05 bits per heavy atom. The molecule has 0 unspecified atom stereocenters. The number of fused-ring (bicyclic) bond motifs is 5. The average Bonchev–Trinajstić information content (AvgIpc) is 3.63. The van der Waals surface area contributed by atoms with Crippen LogP contribution in [0.25, 0.3) is 56.8 Å². The lowest BCUT2D eigenvalue weighted by molar-refractivity contribution is 0.887. The first-order valence-electron chi connectivity index (χ1n) is 20.0. The molecule has 0 saturated heterocycles. The van der Waals surface area contributed by atoms with Crippen LogP contribution >= 0.6 is 0 Å². The van der Waals surface area contributed by atoms with Gasteiger partial charge in [0.05, 0.1) is 39.5 Å². The molecule has 2 aliphatic rings. The summed E-state index contributed by atoms with van der Waals surface area (Å²) in [6, 6.07) is 60.2. The smallest absolute Gasteiger partial charge is 0.166 e. The normalized spacial score (nSPS) is 12.8. The molecule has 0 spiro atoms. The van der Waals surface area contributed by atoms with Crippen LogP contribution in [0.3, 0.4) is 0 Å². The Kier molecular flexibility index (Phi) is 8.31. The standard InChI is InChI=1S/C52H36N8/c53-33-36-29-41(52-56-50(34-17-5-1-6-18-34)55-51(57-52)35-19-7-2-8-20-35)42(54)31-46(36)60-43-26-14-13-25-39(43)40-30-48-49(32-47(40)60)59(38-23-11-4-12-24-38)45-28-16-15-27-44(45)58(48)37-21-9-3-10-22-37/h1-13,15-25,27-32H,14,26,54H2.